The molecule has 2 unspecified atom stereocenters. The lowest BCUT2D eigenvalue weighted by molar-refractivity contribution is -0.137. The highest BCUT2D eigenvalue weighted by Gasteiger charge is 2.19. The van der Waals surface area contributed by atoms with Gasteiger partial charge < -0.3 is 10.4 Å². The summed E-state index contributed by atoms with van der Waals surface area (Å²) in [7, 11) is 0. The van der Waals surface area contributed by atoms with Gasteiger partial charge >= 0.3 is 5.97 Å². The molecule has 0 radical (unpaired) electrons. The molecule has 0 saturated carbocycles. The van der Waals surface area contributed by atoms with Gasteiger partial charge in [0.25, 0.3) is 0 Å². The van der Waals surface area contributed by atoms with Crippen molar-refractivity contribution in [3.8, 4) is 0 Å². The molecule has 4 heteroatoms. The highest BCUT2D eigenvalue weighted by atomic mass is 32.1. The zero-order valence-corrected chi connectivity index (χ0v) is 11.6. The Morgan fingerprint density at radius 1 is 1.26 bits per heavy atom. The third kappa shape index (κ3) is 3.91. The second-order valence-electron chi connectivity index (χ2n) is 4.46. The van der Waals surface area contributed by atoms with E-state index in [0.717, 1.165) is 10.4 Å². The van der Waals surface area contributed by atoms with Crippen LogP contribution in [0.3, 0.4) is 0 Å². The molecule has 0 aliphatic heterocycles. The van der Waals surface area contributed by atoms with Gasteiger partial charge in [0.15, 0.2) is 0 Å². The van der Waals surface area contributed by atoms with Gasteiger partial charge in [0, 0.05) is 10.9 Å². The fourth-order valence-corrected chi connectivity index (χ4v) is 2.83. The van der Waals surface area contributed by atoms with E-state index in [9.17, 15) is 4.79 Å². The van der Waals surface area contributed by atoms with E-state index < -0.39 is 5.97 Å². The minimum absolute atomic E-state index is 0.0949. The molecule has 19 heavy (non-hydrogen) atoms. The standard InChI is InChI=1S/C15H17NO2S/c1-11(12-6-3-2-4-7-12)16-13(10-15(17)18)14-8-5-9-19-14/h2-9,11,13,16H,10H2,1H3,(H,17,18). The normalized spacial score (nSPS) is 13.9. The van der Waals surface area contributed by atoms with Crippen LogP contribution in [0.25, 0.3) is 0 Å². The summed E-state index contributed by atoms with van der Waals surface area (Å²) in [5, 5.41) is 14.4. The number of thiophene rings is 1. The first-order valence-electron chi connectivity index (χ1n) is 6.23. The molecular formula is C15H17NO2S. The molecule has 3 nitrogen and oxygen atoms in total. The molecule has 0 aliphatic carbocycles. The molecule has 0 bridgehead atoms. The summed E-state index contributed by atoms with van der Waals surface area (Å²) in [6.45, 7) is 2.05. The predicted molar refractivity (Wildman–Crippen MR) is 77.3 cm³/mol. The van der Waals surface area contributed by atoms with Gasteiger partial charge in [-0.05, 0) is 23.9 Å². The zero-order chi connectivity index (χ0) is 13.7. The molecule has 2 rings (SSSR count). The van der Waals surface area contributed by atoms with Crippen molar-refractivity contribution in [2.75, 3.05) is 0 Å². The van der Waals surface area contributed by atoms with Crippen LogP contribution in [0.15, 0.2) is 47.8 Å². The molecule has 0 aliphatic rings. The molecule has 0 amide bonds. The quantitative estimate of drug-likeness (QED) is 0.846. The highest BCUT2D eigenvalue weighted by molar-refractivity contribution is 7.10. The van der Waals surface area contributed by atoms with Crippen LogP contribution in [0.5, 0.6) is 0 Å². The third-order valence-electron chi connectivity index (χ3n) is 3.02. The van der Waals surface area contributed by atoms with Crippen LogP contribution in [0.1, 0.15) is 35.9 Å². The molecule has 0 saturated heterocycles. The van der Waals surface area contributed by atoms with Gasteiger partial charge in [0.2, 0.25) is 0 Å². The molecule has 1 aromatic carbocycles. The van der Waals surface area contributed by atoms with Crippen LogP contribution < -0.4 is 5.32 Å². The summed E-state index contributed by atoms with van der Waals surface area (Å²) in [5.41, 5.74) is 1.16. The number of hydrogen-bond acceptors (Lipinski definition) is 3. The smallest absolute Gasteiger partial charge is 0.305 e. The third-order valence-corrected chi connectivity index (χ3v) is 4.00. The average Bonchev–Trinajstić information content (AvgIpc) is 2.92. The number of nitrogens with one attached hydrogen (secondary N) is 1. The van der Waals surface area contributed by atoms with E-state index in [-0.39, 0.29) is 18.5 Å². The van der Waals surface area contributed by atoms with Gasteiger partial charge in [-0.3, -0.25) is 4.79 Å². The van der Waals surface area contributed by atoms with E-state index in [1.807, 2.05) is 47.8 Å². The largest absolute Gasteiger partial charge is 0.481 e. The monoisotopic (exact) mass is 275 g/mol. The maximum atomic E-state index is 11.0. The van der Waals surface area contributed by atoms with Crippen LogP contribution in [0.2, 0.25) is 0 Å². The number of rotatable bonds is 6. The molecule has 2 aromatic rings. The van der Waals surface area contributed by atoms with Crippen molar-refractivity contribution in [1.82, 2.24) is 5.32 Å². The van der Waals surface area contributed by atoms with Crippen molar-refractivity contribution in [1.29, 1.82) is 0 Å². The van der Waals surface area contributed by atoms with Gasteiger partial charge in [-0.2, -0.15) is 0 Å². The fraction of sp³-hybridized carbons (Fsp3) is 0.267. The van der Waals surface area contributed by atoms with Gasteiger partial charge in [-0.1, -0.05) is 36.4 Å². The highest BCUT2D eigenvalue weighted by Crippen LogP contribution is 2.25. The lowest BCUT2D eigenvalue weighted by Gasteiger charge is -2.21. The number of carboxylic acids is 1. The van der Waals surface area contributed by atoms with Crippen LogP contribution in [0.4, 0.5) is 0 Å². The Kier molecular flexibility index (Phi) is 4.71. The van der Waals surface area contributed by atoms with Gasteiger partial charge in [-0.25, -0.2) is 0 Å². The fourth-order valence-electron chi connectivity index (χ4n) is 2.05. The van der Waals surface area contributed by atoms with Gasteiger partial charge in [0.1, 0.15) is 0 Å². The van der Waals surface area contributed by atoms with Crippen molar-refractivity contribution >= 4 is 17.3 Å². The summed E-state index contributed by atoms with van der Waals surface area (Å²) in [6.07, 6.45) is 0.0949. The SMILES string of the molecule is CC(NC(CC(=O)O)c1cccs1)c1ccccc1. The maximum Gasteiger partial charge on any atom is 0.305 e. The van der Waals surface area contributed by atoms with Crippen LogP contribution >= 0.6 is 11.3 Å². The Bertz CT molecular complexity index is 510. The number of carbonyl (C=O) groups is 1. The second-order valence-corrected chi connectivity index (χ2v) is 5.44. The topological polar surface area (TPSA) is 49.3 Å². The molecular weight excluding hydrogens is 258 g/mol. The van der Waals surface area contributed by atoms with Crippen molar-refractivity contribution in [2.24, 2.45) is 0 Å². The van der Waals surface area contributed by atoms with Gasteiger partial charge in [0.05, 0.1) is 12.5 Å². The van der Waals surface area contributed by atoms with Crippen molar-refractivity contribution < 1.29 is 9.90 Å². The number of carboxylic acid groups (broad SMARTS) is 1. The van der Waals surface area contributed by atoms with Crippen molar-refractivity contribution in [3.05, 3.63) is 58.3 Å². The first kappa shape index (κ1) is 13.8. The number of hydrogen-bond donors (Lipinski definition) is 2. The molecule has 0 fully saturated rings. The van der Waals surface area contributed by atoms with Crippen molar-refractivity contribution in [2.45, 2.75) is 25.4 Å². The Morgan fingerprint density at radius 3 is 2.58 bits per heavy atom. The summed E-state index contributed by atoms with van der Waals surface area (Å²) < 4.78 is 0. The lowest BCUT2D eigenvalue weighted by Crippen LogP contribution is -2.26. The molecule has 0 spiro atoms. The van der Waals surface area contributed by atoms with Crippen LogP contribution in [-0.2, 0) is 4.79 Å². The average molecular weight is 275 g/mol. The first-order valence-corrected chi connectivity index (χ1v) is 7.11. The van der Waals surface area contributed by atoms with Crippen molar-refractivity contribution in [3.63, 3.8) is 0 Å². The van der Waals surface area contributed by atoms with E-state index in [1.54, 1.807) is 11.3 Å². The Balaban J connectivity index is 2.10. The summed E-state index contributed by atoms with van der Waals surface area (Å²) in [4.78, 5) is 12.0. The molecule has 2 N–H and O–H groups in total. The minimum Gasteiger partial charge on any atom is -0.481 e. The summed E-state index contributed by atoms with van der Waals surface area (Å²) >= 11 is 1.58. The molecule has 2 atom stereocenters. The summed E-state index contributed by atoms with van der Waals surface area (Å²) in [6, 6.07) is 13.9. The molecule has 100 valence electrons. The Labute approximate surface area is 116 Å². The number of benzene rings is 1. The second kappa shape index (κ2) is 6.50. The van der Waals surface area contributed by atoms with E-state index >= 15 is 0 Å². The lowest BCUT2D eigenvalue weighted by atomic mass is 10.1. The summed E-state index contributed by atoms with van der Waals surface area (Å²) in [5.74, 6) is -0.786. The molecule has 1 heterocycles. The zero-order valence-electron chi connectivity index (χ0n) is 10.7. The first-order chi connectivity index (χ1) is 9.16. The van der Waals surface area contributed by atoms with E-state index in [4.69, 9.17) is 5.11 Å². The Morgan fingerprint density at radius 2 is 2.00 bits per heavy atom. The predicted octanol–water partition coefficient (Wildman–Crippen LogP) is 3.61. The number of aliphatic carboxylic acids is 1. The van der Waals surface area contributed by atoms with E-state index in [2.05, 4.69) is 12.2 Å². The van der Waals surface area contributed by atoms with Gasteiger partial charge in [-0.15, -0.1) is 11.3 Å². The minimum atomic E-state index is -0.786. The Hall–Kier alpha value is -1.65. The van der Waals surface area contributed by atoms with E-state index in [0.29, 0.717) is 0 Å². The van der Waals surface area contributed by atoms with Crippen LogP contribution in [-0.4, -0.2) is 11.1 Å². The van der Waals surface area contributed by atoms with Crippen LogP contribution in [0, 0.1) is 0 Å². The molecule has 1 aromatic heterocycles. The van der Waals surface area contributed by atoms with E-state index in [1.165, 1.54) is 0 Å². The maximum absolute atomic E-state index is 11.0.